The lowest BCUT2D eigenvalue weighted by atomic mass is 10.0. The summed E-state index contributed by atoms with van der Waals surface area (Å²) in [5.41, 5.74) is 0.678. The Kier molecular flexibility index (Phi) is 4.93. The Morgan fingerprint density at radius 2 is 2.05 bits per heavy atom. The van der Waals surface area contributed by atoms with Crippen LogP contribution in [0.2, 0.25) is 0 Å². The Morgan fingerprint density at radius 1 is 1.24 bits per heavy atom. The maximum absolute atomic E-state index is 11.9. The molecule has 2 rings (SSSR count). The van der Waals surface area contributed by atoms with Gasteiger partial charge >= 0.3 is 5.97 Å². The van der Waals surface area contributed by atoms with Crippen LogP contribution in [-0.2, 0) is 4.74 Å². The Labute approximate surface area is 123 Å². The quantitative estimate of drug-likeness (QED) is 0.499. The van der Waals surface area contributed by atoms with E-state index in [1.54, 1.807) is 24.3 Å². The van der Waals surface area contributed by atoms with Gasteiger partial charge in [-0.3, -0.25) is 4.79 Å². The fourth-order valence-corrected chi connectivity index (χ4v) is 2.19. The maximum Gasteiger partial charge on any atom is 0.338 e. The summed E-state index contributed by atoms with van der Waals surface area (Å²) in [6.07, 6.45) is 3.58. The van der Waals surface area contributed by atoms with Gasteiger partial charge in [-0.05, 0) is 35.4 Å². The number of unbranched alkanes of at least 4 members (excludes halogenated alkanes) is 2. The predicted molar refractivity (Wildman–Crippen MR) is 80.8 cm³/mol. The van der Waals surface area contributed by atoms with Crippen LogP contribution in [0.15, 0.2) is 30.3 Å². The van der Waals surface area contributed by atoms with Crippen LogP contribution in [0.5, 0.6) is 5.75 Å². The third-order valence-electron chi connectivity index (χ3n) is 3.37. The van der Waals surface area contributed by atoms with Crippen molar-refractivity contribution >= 4 is 23.0 Å². The van der Waals surface area contributed by atoms with Crippen molar-refractivity contribution < 1.29 is 19.4 Å². The molecule has 0 radical (unpaired) electrons. The largest absolute Gasteiger partial charge is 0.507 e. The summed E-state index contributed by atoms with van der Waals surface area (Å²) in [5, 5.41) is 11.0. The van der Waals surface area contributed by atoms with Crippen molar-refractivity contribution in [3.05, 3.63) is 41.5 Å². The number of phenolic OH excluding ortho intramolecular Hbond substituents is 1. The second-order valence-corrected chi connectivity index (χ2v) is 4.90. The molecule has 0 saturated carbocycles. The van der Waals surface area contributed by atoms with Gasteiger partial charge in [0.05, 0.1) is 17.7 Å². The summed E-state index contributed by atoms with van der Waals surface area (Å²) >= 11 is 0. The minimum Gasteiger partial charge on any atom is -0.507 e. The number of rotatable bonds is 6. The molecular formula is C17H18O4. The van der Waals surface area contributed by atoms with Gasteiger partial charge in [0.15, 0.2) is 6.29 Å². The van der Waals surface area contributed by atoms with Crippen LogP contribution in [-0.4, -0.2) is 24.0 Å². The van der Waals surface area contributed by atoms with E-state index in [1.165, 1.54) is 6.07 Å². The number of carbonyl (C=O) groups is 2. The third kappa shape index (κ3) is 3.40. The number of phenols is 1. The number of hydrogen-bond donors (Lipinski definition) is 1. The molecule has 2 aromatic carbocycles. The number of esters is 1. The lowest BCUT2D eigenvalue weighted by Gasteiger charge is -2.07. The smallest absolute Gasteiger partial charge is 0.338 e. The molecule has 0 saturated heterocycles. The highest BCUT2D eigenvalue weighted by molar-refractivity contribution is 6.03. The van der Waals surface area contributed by atoms with E-state index in [4.69, 9.17) is 4.74 Å². The van der Waals surface area contributed by atoms with Crippen molar-refractivity contribution in [3.63, 3.8) is 0 Å². The Morgan fingerprint density at radius 3 is 2.76 bits per heavy atom. The summed E-state index contributed by atoms with van der Waals surface area (Å²) in [6, 6.07) is 8.05. The summed E-state index contributed by atoms with van der Waals surface area (Å²) in [4.78, 5) is 22.9. The molecule has 0 bridgehead atoms. The number of hydrogen-bond acceptors (Lipinski definition) is 4. The molecule has 110 valence electrons. The molecule has 0 aliphatic heterocycles. The highest BCUT2D eigenvalue weighted by Gasteiger charge is 2.11. The van der Waals surface area contributed by atoms with Crippen molar-refractivity contribution in [1.82, 2.24) is 0 Å². The second-order valence-electron chi connectivity index (χ2n) is 4.90. The molecule has 1 N–H and O–H groups in total. The van der Waals surface area contributed by atoms with E-state index in [0.717, 1.165) is 24.6 Å². The van der Waals surface area contributed by atoms with Crippen molar-refractivity contribution in [2.45, 2.75) is 26.2 Å². The van der Waals surface area contributed by atoms with E-state index in [2.05, 4.69) is 6.92 Å². The molecule has 4 heteroatoms. The molecule has 0 spiro atoms. The Balaban J connectivity index is 2.21. The molecule has 0 amide bonds. The normalized spacial score (nSPS) is 10.5. The average Bonchev–Trinajstić information content (AvgIpc) is 2.51. The summed E-state index contributed by atoms with van der Waals surface area (Å²) in [6.45, 7) is 2.51. The highest BCUT2D eigenvalue weighted by Crippen LogP contribution is 2.26. The van der Waals surface area contributed by atoms with E-state index in [9.17, 15) is 14.7 Å². The number of aromatic hydroxyl groups is 1. The van der Waals surface area contributed by atoms with Crippen molar-refractivity contribution in [2.24, 2.45) is 0 Å². The van der Waals surface area contributed by atoms with Gasteiger partial charge in [-0.25, -0.2) is 4.79 Å². The Bertz CT molecular complexity index is 661. The average molecular weight is 286 g/mol. The topological polar surface area (TPSA) is 63.6 Å². The summed E-state index contributed by atoms with van der Waals surface area (Å²) < 4.78 is 5.20. The Hall–Kier alpha value is -2.36. The molecule has 0 atom stereocenters. The van der Waals surface area contributed by atoms with E-state index < -0.39 is 0 Å². The first-order chi connectivity index (χ1) is 10.2. The minimum atomic E-state index is -0.367. The molecule has 0 unspecified atom stereocenters. The number of fused-ring (bicyclic) bond motifs is 1. The van der Waals surface area contributed by atoms with Gasteiger partial charge in [0.1, 0.15) is 5.75 Å². The number of benzene rings is 2. The second kappa shape index (κ2) is 6.88. The van der Waals surface area contributed by atoms with E-state index in [0.29, 0.717) is 23.8 Å². The number of ether oxygens (including phenoxy) is 1. The first kappa shape index (κ1) is 15.0. The fraction of sp³-hybridized carbons (Fsp3) is 0.294. The van der Waals surface area contributed by atoms with Crippen LogP contribution in [0.1, 0.15) is 46.9 Å². The monoisotopic (exact) mass is 286 g/mol. The van der Waals surface area contributed by atoms with Gasteiger partial charge in [-0.2, -0.15) is 0 Å². The van der Waals surface area contributed by atoms with Crippen molar-refractivity contribution in [3.8, 4) is 5.75 Å². The lowest BCUT2D eigenvalue weighted by Crippen LogP contribution is -2.06. The molecular weight excluding hydrogens is 268 g/mol. The fourth-order valence-electron chi connectivity index (χ4n) is 2.19. The third-order valence-corrected chi connectivity index (χ3v) is 3.37. The zero-order chi connectivity index (χ0) is 15.2. The van der Waals surface area contributed by atoms with E-state index >= 15 is 0 Å². The molecule has 0 aliphatic carbocycles. The van der Waals surface area contributed by atoms with E-state index in [1.807, 2.05) is 0 Å². The maximum atomic E-state index is 11.9. The van der Waals surface area contributed by atoms with Crippen molar-refractivity contribution in [2.75, 3.05) is 6.61 Å². The molecule has 0 heterocycles. The molecule has 0 fully saturated rings. The van der Waals surface area contributed by atoms with Gasteiger partial charge in [-0.1, -0.05) is 31.9 Å². The zero-order valence-corrected chi connectivity index (χ0v) is 12.0. The molecule has 0 aromatic heterocycles. The first-order valence-electron chi connectivity index (χ1n) is 7.05. The van der Waals surface area contributed by atoms with Gasteiger partial charge in [0.2, 0.25) is 0 Å². The van der Waals surface area contributed by atoms with Gasteiger partial charge in [0, 0.05) is 0 Å². The molecule has 0 aliphatic rings. The van der Waals surface area contributed by atoms with E-state index in [-0.39, 0.29) is 17.3 Å². The lowest BCUT2D eigenvalue weighted by molar-refractivity contribution is 0.0498. The SMILES string of the molecule is CCCCCOC(=O)c1ccc2c(C=O)c(O)ccc2c1. The highest BCUT2D eigenvalue weighted by atomic mass is 16.5. The van der Waals surface area contributed by atoms with Crippen LogP contribution >= 0.6 is 0 Å². The molecule has 21 heavy (non-hydrogen) atoms. The van der Waals surface area contributed by atoms with Crippen LogP contribution in [0, 0.1) is 0 Å². The van der Waals surface area contributed by atoms with Gasteiger partial charge in [-0.15, -0.1) is 0 Å². The minimum absolute atomic E-state index is 0.0626. The first-order valence-corrected chi connectivity index (χ1v) is 7.05. The van der Waals surface area contributed by atoms with Crippen LogP contribution in [0.4, 0.5) is 0 Å². The predicted octanol–water partition coefficient (Wildman–Crippen LogP) is 3.70. The number of carbonyl (C=O) groups excluding carboxylic acids is 2. The number of aldehydes is 1. The van der Waals surface area contributed by atoms with Crippen LogP contribution < -0.4 is 0 Å². The standard InChI is InChI=1S/C17H18O4/c1-2-3-4-9-21-17(20)13-5-7-14-12(10-13)6-8-16(19)15(14)11-18/h5-8,10-11,19H,2-4,9H2,1H3. The van der Waals surface area contributed by atoms with Crippen LogP contribution in [0.3, 0.4) is 0 Å². The van der Waals surface area contributed by atoms with Crippen LogP contribution in [0.25, 0.3) is 10.8 Å². The summed E-state index contributed by atoms with van der Waals surface area (Å²) in [7, 11) is 0. The van der Waals surface area contributed by atoms with Gasteiger partial charge in [0.25, 0.3) is 0 Å². The van der Waals surface area contributed by atoms with Gasteiger partial charge < -0.3 is 9.84 Å². The van der Waals surface area contributed by atoms with Crippen molar-refractivity contribution in [1.29, 1.82) is 0 Å². The zero-order valence-electron chi connectivity index (χ0n) is 12.0. The molecule has 2 aromatic rings. The summed E-state index contributed by atoms with van der Waals surface area (Å²) in [5.74, 6) is -0.430. The molecule has 4 nitrogen and oxygen atoms in total.